The van der Waals surface area contributed by atoms with Gasteiger partial charge in [-0.05, 0) is 68.0 Å². The smallest absolute Gasteiger partial charge is 0.243 e. The van der Waals surface area contributed by atoms with Crippen molar-refractivity contribution in [1.82, 2.24) is 10.2 Å². The van der Waals surface area contributed by atoms with Gasteiger partial charge >= 0.3 is 0 Å². The first-order chi connectivity index (χ1) is 19.5. The number of carbonyl (C=O) groups excluding carboxylic acids is 2. The summed E-state index contributed by atoms with van der Waals surface area (Å²) in [5.41, 5.74) is 5.53. The lowest BCUT2D eigenvalue weighted by Gasteiger charge is -2.32. The van der Waals surface area contributed by atoms with Gasteiger partial charge < -0.3 is 10.2 Å². The van der Waals surface area contributed by atoms with Crippen LogP contribution in [0, 0.1) is 20.8 Å². The van der Waals surface area contributed by atoms with Gasteiger partial charge in [-0.25, -0.2) is 8.42 Å². The number of rotatable bonds is 14. The Hall–Kier alpha value is -3.65. The van der Waals surface area contributed by atoms with E-state index in [1.165, 1.54) is 10.6 Å². The van der Waals surface area contributed by atoms with E-state index in [0.29, 0.717) is 25.1 Å². The number of sulfonamides is 1. The van der Waals surface area contributed by atoms with E-state index in [1.54, 1.807) is 4.90 Å². The molecule has 0 heterocycles. The van der Waals surface area contributed by atoms with Crippen LogP contribution in [0.25, 0.3) is 0 Å². The molecule has 0 bridgehead atoms. The number of nitrogens with zero attached hydrogens (tertiary/aromatic N) is 2. The zero-order valence-electron chi connectivity index (χ0n) is 24.9. The average molecular weight is 578 g/mol. The highest BCUT2D eigenvalue weighted by Gasteiger charge is 2.30. The SMILES string of the molecule is CCCNC(=O)[C@@H](Cc1ccccc1)N(Cc1ccc(C)cc1)C(=O)CCCN(c1cc(C)cc(C)c1)S(C)(=O)=O. The molecular weight excluding hydrogens is 534 g/mol. The molecule has 1 N–H and O–H groups in total. The molecule has 0 saturated carbocycles. The second kappa shape index (κ2) is 14.8. The van der Waals surface area contributed by atoms with Crippen LogP contribution in [-0.4, -0.2) is 50.5 Å². The fraction of sp³-hybridized carbons (Fsp3) is 0.394. The molecule has 7 nitrogen and oxygen atoms in total. The molecular formula is C33H43N3O4S. The predicted molar refractivity (Wildman–Crippen MR) is 166 cm³/mol. The second-order valence-corrected chi connectivity index (χ2v) is 12.7. The van der Waals surface area contributed by atoms with Crippen molar-refractivity contribution >= 4 is 27.5 Å². The zero-order valence-corrected chi connectivity index (χ0v) is 25.7. The molecule has 0 spiro atoms. The molecule has 3 rings (SSSR count). The summed E-state index contributed by atoms with van der Waals surface area (Å²) in [5, 5.41) is 2.99. The second-order valence-electron chi connectivity index (χ2n) is 10.8. The number of benzene rings is 3. The van der Waals surface area contributed by atoms with Gasteiger partial charge in [0.25, 0.3) is 0 Å². The summed E-state index contributed by atoms with van der Waals surface area (Å²) in [6, 6.07) is 22.6. The van der Waals surface area contributed by atoms with Gasteiger partial charge in [0, 0.05) is 32.5 Å². The van der Waals surface area contributed by atoms with Gasteiger partial charge in [0.1, 0.15) is 6.04 Å². The largest absolute Gasteiger partial charge is 0.354 e. The number of anilines is 1. The molecule has 220 valence electrons. The number of hydrogen-bond acceptors (Lipinski definition) is 4. The topological polar surface area (TPSA) is 86.8 Å². The highest BCUT2D eigenvalue weighted by atomic mass is 32.2. The lowest BCUT2D eigenvalue weighted by atomic mass is 10.0. The Balaban J connectivity index is 1.87. The minimum Gasteiger partial charge on any atom is -0.354 e. The minimum absolute atomic E-state index is 0.106. The van der Waals surface area contributed by atoms with Gasteiger partial charge in [0.05, 0.1) is 11.9 Å². The molecule has 1 atom stereocenters. The Morgan fingerprint density at radius 3 is 2.07 bits per heavy atom. The molecule has 3 aromatic rings. The molecule has 0 aliphatic carbocycles. The van der Waals surface area contributed by atoms with E-state index < -0.39 is 16.1 Å². The molecule has 2 amide bonds. The van der Waals surface area contributed by atoms with Gasteiger partial charge in [-0.15, -0.1) is 0 Å². The van der Waals surface area contributed by atoms with Crippen molar-refractivity contribution in [3.8, 4) is 0 Å². The van der Waals surface area contributed by atoms with Crippen molar-refractivity contribution < 1.29 is 18.0 Å². The highest BCUT2D eigenvalue weighted by Crippen LogP contribution is 2.23. The summed E-state index contributed by atoms with van der Waals surface area (Å²) in [7, 11) is -3.56. The maximum absolute atomic E-state index is 13.9. The lowest BCUT2D eigenvalue weighted by molar-refractivity contribution is -0.141. The Labute approximate surface area is 245 Å². The molecule has 0 radical (unpaired) electrons. The first-order valence-electron chi connectivity index (χ1n) is 14.2. The fourth-order valence-electron chi connectivity index (χ4n) is 4.91. The fourth-order valence-corrected chi connectivity index (χ4v) is 5.86. The van der Waals surface area contributed by atoms with Crippen LogP contribution in [0.4, 0.5) is 5.69 Å². The number of hydrogen-bond donors (Lipinski definition) is 1. The van der Waals surface area contributed by atoms with E-state index in [0.717, 1.165) is 34.2 Å². The minimum atomic E-state index is -3.56. The molecule has 0 aliphatic heterocycles. The third kappa shape index (κ3) is 9.74. The van der Waals surface area contributed by atoms with Crippen molar-refractivity contribution in [3.05, 3.63) is 101 Å². The van der Waals surface area contributed by atoms with E-state index >= 15 is 0 Å². The maximum atomic E-state index is 13.9. The average Bonchev–Trinajstić information content (AvgIpc) is 2.91. The van der Waals surface area contributed by atoms with Crippen molar-refractivity contribution in [3.63, 3.8) is 0 Å². The third-order valence-corrected chi connectivity index (χ3v) is 8.13. The first kappa shape index (κ1) is 31.9. The van der Waals surface area contributed by atoms with E-state index in [2.05, 4.69) is 5.32 Å². The van der Waals surface area contributed by atoms with Crippen LogP contribution in [0.15, 0.2) is 72.8 Å². The van der Waals surface area contributed by atoms with Gasteiger partial charge in [0.2, 0.25) is 21.8 Å². The molecule has 0 fully saturated rings. The van der Waals surface area contributed by atoms with Crippen LogP contribution in [0.3, 0.4) is 0 Å². The summed E-state index contributed by atoms with van der Waals surface area (Å²) < 4.78 is 26.8. The Kier molecular flexibility index (Phi) is 11.5. The van der Waals surface area contributed by atoms with Crippen molar-refractivity contribution in [2.24, 2.45) is 0 Å². The summed E-state index contributed by atoms with van der Waals surface area (Å²) in [6.07, 6.45) is 2.78. The maximum Gasteiger partial charge on any atom is 0.243 e. The first-order valence-corrected chi connectivity index (χ1v) is 16.1. The molecule has 0 saturated heterocycles. The highest BCUT2D eigenvalue weighted by molar-refractivity contribution is 7.92. The van der Waals surface area contributed by atoms with Gasteiger partial charge in [0.15, 0.2) is 0 Å². The summed E-state index contributed by atoms with van der Waals surface area (Å²) in [6.45, 7) is 8.83. The van der Waals surface area contributed by atoms with Gasteiger partial charge in [-0.3, -0.25) is 13.9 Å². The van der Waals surface area contributed by atoms with Crippen LogP contribution in [0.5, 0.6) is 0 Å². The number of nitrogens with one attached hydrogen (secondary N) is 1. The Bertz CT molecular complexity index is 1390. The molecule has 8 heteroatoms. The molecule has 3 aromatic carbocycles. The van der Waals surface area contributed by atoms with Crippen molar-refractivity contribution in [2.45, 2.75) is 66.0 Å². The lowest BCUT2D eigenvalue weighted by Crippen LogP contribution is -2.50. The monoisotopic (exact) mass is 577 g/mol. The van der Waals surface area contributed by atoms with E-state index in [9.17, 15) is 18.0 Å². The predicted octanol–water partition coefficient (Wildman–Crippen LogP) is 5.32. The molecule has 0 aromatic heterocycles. The van der Waals surface area contributed by atoms with Crippen molar-refractivity contribution in [1.29, 1.82) is 0 Å². The zero-order chi connectivity index (χ0) is 30.0. The van der Waals surface area contributed by atoms with Crippen LogP contribution in [0.2, 0.25) is 0 Å². The van der Waals surface area contributed by atoms with E-state index in [1.807, 2.05) is 100 Å². The number of aryl methyl sites for hydroxylation is 3. The van der Waals surface area contributed by atoms with Crippen LogP contribution in [-0.2, 0) is 32.6 Å². The van der Waals surface area contributed by atoms with Crippen molar-refractivity contribution in [2.75, 3.05) is 23.7 Å². The van der Waals surface area contributed by atoms with Crippen LogP contribution in [0.1, 0.15) is 54.0 Å². The normalized spacial score (nSPS) is 12.0. The quantitative estimate of drug-likeness (QED) is 0.281. The molecule has 0 aliphatic rings. The number of amides is 2. The van der Waals surface area contributed by atoms with E-state index in [4.69, 9.17) is 0 Å². The molecule has 0 unspecified atom stereocenters. The van der Waals surface area contributed by atoms with Gasteiger partial charge in [-0.1, -0.05) is 73.2 Å². The van der Waals surface area contributed by atoms with Crippen LogP contribution < -0.4 is 9.62 Å². The van der Waals surface area contributed by atoms with Crippen LogP contribution >= 0.6 is 0 Å². The summed E-state index contributed by atoms with van der Waals surface area (Å²) in [5.74, 6) is -0.379. The standard InChI is InChI=1S/C33H43N3O4S/c1-6-18-34-33(38)31(23-28-11-8-7-9-12-28)35(24-29-16-14-25(2)15-17-29)32(37)13-10-19-36(41(5,39)40)30-21-26(3)20-27(4)22-30/h7-9,11-12,14-17,20-22,31H,6,10,13,18-19,23-24H2,1-5H3,(H,34,38)/t31-/m1/s1. The summed E-state index contributed by atoms with van der Waals surface area (Å²) in [4.78, 5) is 29.0. The molecule has 41 heavy (non-hydrogen) atoms. The third-order valence-electron chi connectivity index (χ3n) is 6.94. The number of carbonyl (C=O) groups is 2. The Morgan fingerprint density at radius 1 is 0.854 bits per heavy atom. The van der Waals surface area contributed by atoms with E-state index in [-0.39, 0.29) is 31.3 Å². The summed E-state index contributed by atoms with van der Waals surface area (Å²) >= 11 is 0. The Morgan fingerprint density at radius 2 is 1.49 bits per heavy atom. The van der Waals surface area contributed by atoms with Gasteiger partial charge in [-0.2, -0.15) is 0 Å².